The van der Waals surface area contributed by atoms with Crippen molar-refractivity contribution in [1.82, 2.24) is 4.90 Å². The summed E-state index contributed by atoms with van der Waals surface area (Å²) < 4.78 is 5.87. The molecule has 2 aliphatic rings. The summed E-state index contributed by atoms with van der Waals surface area (Å²) >= 11 is 0. The molecule has 0 atom stereocenters. The van der Waals surface area contributed by atoms with Crippen LogP contribution >= 0.6 is 0 Å². The van der Waals surface area contributed by atoms with E-state index >= 15 is 0 Å². The highest BCUT2D eigenvalue weighted by atomic mass is 16.5. The second kappa shape index (κ2) is 4.55. The Balaban J connectivity index is 1.81. The van der Waals surface area contributed by atoms with Crippen LogP contribution in [0.2, 0.25) is 0 Å². The van der Waals surface area contributed by atoms with Crippen LogP contribution in [0.4, 0.5) is 0 Å². The van der Waals surface area contributed by atoms with Gasteiger partial charge in [-0.05, 0) is 19.3 Å². The molecule has 0 bridgehead atoms. The maximum Gasteiger partial charge on any atom is 0.0809 e. The summed E-state index contributed by atoms with van der Waals surface area (Å²) in [6.07, 6.45) is 3.84. The van der Waals surface area contributed by atoms with Crippen molar-refractivity contribution in [2.75, 3.05) is 26.2 Å². The minimum absolute atomic E-state index is 0.220. The molecule has 1 saturated carbocycles. The van der Waals surface area contributed by atoms with Gasteiger partial charge in [0.05, 0.1) is 18.8 Å². The minimum Gasteiger partial charge on any atom is -0.372 e. The molecule has 15 heavy (non-hydrogen) atoms. The predicted octanol–water partition coefficient (Wildman–Crippen LogP) is 1.90. The summed E-state index contributed by atoms with van der Waals surface area (Å²) in [6.45, 7) is 8.24. The van der Waals surface area contributed by atoms with Gasteiger partial charge >= 0.3 is 0 Å². The van der Waals surface area contributed by atoms with Crippen LogP contribution in [0.25, 0.3) is 0 Å². The van der Waals surface area contributed by atoms with E-state index in [0.717, 1.165) is 26.2 Å². The SMILES string of the molecule is CC(C)C#CCN1CCOC2(CCC2)C1. The van der Waals surface area contributed by atoms with E-state index < -0.39 is 0 Å². The Hall–Kier alpha value is -0.520. The van der Waals surface area contributed by atoms with Crippen LogP contribution in [0.15, 0.2) is 0 Å². The maximum absolute atomic E-state index is 5.87. The van der Waals surface area contributed by atoms with Gasteiger partial charge < -0.3 is 4.74 Å². The van der Waals surface area contributed by atoms with Gasteiger partial charge in [0.15, 0.2) is 0 Å². The second-order valence-corrected chi connectivity index (χ2v) is 5.07. The molecule has 0 N–H and O–H groups in total. The van der Waals surface area contributed by atoms with Crippen molar-refractivity contribution in [2.24, 2.45) is 5.92 Å². The standard InChI is InChI=1S/C13H21NO/c1-12(2)5-3-8-14-9-10-15-13(11-14)6-4-7-13/h12H,4,6-11H2,1-2H3. The Morgan fingerprint density at radius 2 is 2.20 bits per heavy atom. The van der Waals surface area contributed by atoms with Gasteiger partial charge in [0, 0.05) is 19.0 Å². The van der Waals surface area contributed by atoms with E-state index in [1.165, 1.54) is 19.3 Å². The summed E-state index contributed by atoms with van der Waals surface area (Å²) in [5.41, 5.74) is 0.220. The molecule has 2 heteroatoms. The summed E-state index contributed by atoms with van der Waals surface area (Å²) in [7, 11) is 0. The lowest BCUT2D eigenvalue weighted by atomic mass is 9.79. The molecule has 2 rings (SSSR count). The summed E-state index contributed by atoms with van der Waals surface area (Å²) in [6, 6.07) is 0. The van der Waals surface area contributed by atoms with Crippen LogP contribution in [0.5, 0.6) is 0 Å². The van der Waals surface area contributed by atoms with Gasteiger partial charge in [-0.2, -0.15) is 0 Å². The van der Waals surface area contributed by atoms with Crippen LogP contribution in [-0.2, 0) is 4.74 Å². The molecule has 84 valence electrons. The molecule has 0 radical (unpaired) electrons. The van der Waals surface area contributed by atoms with Gasteiger partial charge in [-0.3, -0.25) is 4.90 Å². The van der Waals surface area contributed by atoms with Gasteiger partial charge in [0.1, 0.15) is 0 Å². The van der Waals surface area contributed by atoms with Crippen LogP contribution in [0, 0.1) is 17.8 Å². The third kappa shape index (κ3) is 2.74. The Kier molecular flexibility index (Phi) is 3.33. The maximum atomic E-state index is 5.87. The zero-order chi connectivity index (χ0) is 10.7. The molecule has 0 aromatic rings. The zero-order valence-electron chi connectivity index (χ0n) is 9.88. The van der Waals surface area contributed by atoms with E-state index in [1.807, 2.05) is 0 Å². The first kappa shape index (κ1) is 11.0. The number of hydrogen-bond acceptors (Lipinski definition) is 2. The van der Waals surface area contributed by atoms with Crippen molar-refractivity contribution in [2.45, 2.75) is 38.7 Å². The molecular weight excluding hydrogens is 186 g/mol. The summed E-state index contributed by atoms with van der Waals surface area (Å²) in [5.74, 6) is 6.97. The number of nitrogens with zero attached hydrogens (tertiary/aromatic N) is 1. The fourth-order valence-electron chi connectivity index (χ4n) is 2.29. The Labute approximate surface area is 93.0 Å². The highest BCUT2D eigenvalue weighted by Gasteiger charge is 2.41. The molecule has 2 nitrogen and oxygen atoms in total. The van der Waals surface area contributed by atoms with E-state index in [9.17, 15) is 0 Å². The Morgan fingerprint density at radius 3 is 2.80 bits per heavy atom. The molecule has 0 aromatic heterocycles. The molecule has 2 fully saturated rings. The number of morpholine rings is 1. The van der Waals surface area contributed by atoms with Crippen molar-refractivity contribution in [3.63, 3.8) is 0 Å². The van der Waals surface area contributed by atoms with E-state index in [1.54, 1.807) is 0 Å². The van der Waals surface area contributed by atoms with E-state index in [2.05, 4.69) is 30.6 Å². The Bertz CT molecular complexity index is 270. The normalized spacial score (nSPS) is 24.7. The molecule has 1 spiro atoms. The highest BCUT2D eigenvalue weighted by molar-refractivity contribution is 5.05. The van der Waals surface area contributed by atoms with Crippen molar-refractivity contribution in [3.8, 4) is 11.8 Å². The Morgan fingerprint density at radius 1 is 1.40 bits per heavy atom. The van der Waals surface area contributed by atoms with Crippen LogP contribution in [0.1, 0.15) is 33.1 Å². The van der Waals surface area contributed by atoms with Crippen LogP contribution in [-0.4, -0.2) is 36.7 Å². The smallest absolute Gasteiger partial charge is 0.0809 e. The second-order valence-electron chi connectivity index (χ2n) is 5.07. The molecule has 0 amide bonds. The third-order valence-electron chi connectivity index (χ3n) is 3.29. The first-order valence-corrected chi connectivity index (χ1v) is 6.05. The minimum atomic E-state index is 0.220. The number of hydrogen-bond donors (Lipinski definition) is 0. The fourth-order valence-corrected chi connectivity index (χ4v) is 2.29. The number of ether oxygens (including phenoxy) is 1. The van der Waals surface area contributed by atoms with Gasteiger partial charge in [-0.25, -0.2) is 0 Å². The first-order valence-electron chi connectivity index (χ1n) is 6.05. The largest absolute Gasteiger partial charge is 0.372 e. The summed E-state index contributed by atoms with van der Waals surface area (Å²) in [4.78, 5) is 2.44. The van der Waals surface area contributed by atoms with Gasteiger partial charge in [0.2, 0.25) is 0 Å². The van der Waals surface area contributed by atoms with E-state index in [0.29, 0.717) is 5.92 Å². The first-order chi connectivity index (χ1) is 7.20. The van der Waals surface area contributed by atoms with Crippen LogP contribution in [0.3, 0.4) is 0 Å². The van der Waals surface area contributed by atoms with E-state index in [4.69, 9.17) is 4.74 Å². The quantitative estimate of drug-likeness (QED) is 0.609. The lowest BCUT2D eigenvalue weighted by Gasteiger charge is -2.48. The monoisotopic (exact) mass is 207 g/mol. The zero-order valence-corrected chi connectivity index (χ0v) is 9.88. The van der Waals surface area contributed by atoms with Crippen molar-refractivity contribution < 1.29 is 4.74 Å². The average Bonchev–Trinajstić information content (AvgIpc) is 2.15. The lowest BCUT2D eigenvalue weighted by molar-refractivity contribution is -0.148. The number of rotatable bonds is 1. The van der Waals surface area contributed by atoms with E-state index in [-0.39, 0.29) is 5.60 Å². The predicted molar refractivity (Wildman–Crippen MR) is 61.6 cm³/mol. The molecule has 1 aliphatic carbocycles. The fraction of sp³-hybridized carbons (Fsp3) is 0.846. The average molecular weight is 207 g/mol. The topological polar surface area (TPSA) is 12.5 Å². The molecule has 1 heterocycles. The van der Waals surface area contributed by atoms with Gasteiger partial charge in [-0.15, -0.1) is 0 Å². The van der Waals surface area contributed by atoms with Crippen molar-refractivity contribution >= 4 is 0 Å². The molecule has 1 saturated heterocycles. The molecule has 0 aromatic carbocycles. The highest BCUT2D eigenvalue weighted by Crippen LogP contribution is 2.37. The molecular formula is C13H21NO. The van der Waals surface area contributed by atoms with Crippen molar-refractivity contribution in [1.29, 1.82) is 0 Å². The third-order valence-corrected chi connectivity index (χ3v) is 3.29. The van der Waals surface area contributed by atoms with Gasteiger partial charge in [0.25, 0.3) is 0 Å². The molecule has 1 aliphatic heterocycles. The molecule has 0 unspecified atom stereocenters. The lowest BCUT2D eigenvalue weighted by Crippen LogP contribution is -2.55. The van der Waals surface area contributed by atoms with Gasteiger partial charge in [-0.1, -0.05) is 25.7 Å². The van der Waals surface area contributed by atoms with Crippen LogP contribution < -0.4 is 0 Å². The van der Waals surface area contributed by atoms with Crippen molar-refractivity contribution in [3.05, 3.63) is 0 Å². The summed E-state index contributed by atoms with van der Waals surface area (Å²) in [5, 5.41) is 0.